The van der Waals surface area contributed by atoms with Crippen LogP contribution in [-0.2, 0) is 4.79 Å². The summed E-state index contributed by atoms with van der Waals surface area (Å²) in [7, 11) is 1.46. The van der Waals surface area contributed by atoms with Crippen LogP contribution in [0.5, 0.6) is 5.75 Å². The molecule has 6 heteroatoms. The molecule has 0 saturated carbocycles. The smallest absolute Gasteiger partial charge is 0.396 e. The van der Waals surface area contributed by atoms with Crippen molar-refractivity contribution in [3.05, 3.63) is 27.4 Å². The first-order valence-electron chi connectivity index (χ1n) is 4.87. The number of carboxylic acid groups (broad SMARTS) is 1. The van der Waals surface area contributed by atoms with E-state index >= 15 is 0 Å². The highest BCUT2D eigenvalue weighted by atomic mass is 32.1. The average Bonchev–Trinajstić information content (AvgIpc) is 2.65. The van der Waals surface area contributed by atoms with Gasteiger partial charge in [0.05, 0.1) is 17.7 Å². The third-order valence-corrected chi connectivity index (χ3v) is 3.31. The van der Waals surface area contributed by atoms with Crippen molar-refractivity contribution in [3.8, 4) is 5.75 Å². The maximum atomic E-state index is 11.1. The number of hydrogen-bond acceptors (Lipinski definition) is 5. The summed E-state index contributed by atoms with van der Waals surface area (Å²) in [5, 5.41) is 8.99. The molecule has 17 heavy (non-hydrogen) atoms. The summed E-state index contributed by atoms with van der Waals surface area (Å²) >= 11 is 0.961. The first kappa shape index (κ1) is 11.7. The van der Waals surface area contributed by atoms with E-state index in [1.54, 1.807) is 19.1 Å². The number of ether oxygens (including phenoxy) is 1. The molecule has 0 amide bonds. The minimum atomic E-state index is -0.958. The van der Waals surface area contributed by atoms with E-state index in [1.165, 1.54) is 7.11 Å². The van der Waals surface area contributed by atoms with Crippen molar-refractivity contribution in [2.45, 2.75) is 12.8 Å². The number of benzene rings is 1. The van der Waals surface area contributed by atoms with Gasteiger partial charge in [0, 0.05) is 11.6 Å². The maximum absolute atomic E-state index is 11.1. The fourth-order valence-electron chi connectivity index (χ4n) is 1.57. The zero-order valence-electron chi connectivity index (χ0n) is 9.22. The highest BCUT2D eigenvalue weighted by molar-refractivity contribution is 7.16. The molecule has 90 valence electrons. The molecular weight excluding hydrogens is 244 g/mol. The van der Waals surface area contributed by atoms with E-state index in [4.69, 9.17) is 14.3 Å². The highest BCUT2D eigenvalue weighted by Gasteiger charge is 2.20. The Morgan fingerprint density at radius 2 is 2.24 bits per heavy atom. The van der Waals surface area contributed by atoms with Crippen molar-refractivity contribution in [1.29, 1.82) is 0 Å². The molecule has 0 aliphatic rings. The first-order chi connectivity index (χ1) is 8.02. The standard InChI is InChI=1S/C11H10O5S/c1-5(10(12)13)6-3-8-9(4-7(6)15-2)17-11(14)16-8/h3-5H,1-2H3,(H,12,13). The zero-order chi connectivity index (χ0) is 12.6. The molecule has 1 unspecified atom stereocenters. The van der Waals surface area contributed by atoms with Gasteiger partial charge in [0.15, 0.2) is 0 Å². The molecule has 5 nitrogen and oxygen atoms in total. The number of fused-ring (bicyclic) bond motifs is 1. The Labute approximate surface area is 100 Å². The van der Waals surface area contributed by atoms with E-state index in [0.29, 0.717) is 21.6 Å². The summed E-state index contributed by atoms with van der Waals surface area (Å²) < 4.78 is 10.7. The SMILES string of the molecule is COc1cc2sc(=O)oc2cc1C(C)C(=O)O. The van der Waals surface area contributed by atoms with Gasteiger partial charge in [-0.3, -0.25) is 4.79 Å². The molecule has 0 aliphatic heterocycles. The summed E-state index contributed by atoms with van der Waals surface area (Å²) in [5.74, 6) is -1.23. The molecule has 1 aromatic carbocycles. The maximum Gasteiger partial charge on any atom is 0.396 e. The molecule has 0 spiro atoms. The highest BCUT2D eigenvalue weighted by Crippen LogP contribution is 2.32. The molecule has 1 atom stereocenters. The molecular formula is C11H10O5S. The van der Waals surface area contributed by atoms with E-state index in [0.717, 1.165) is 11.3 Å². The molecule has 1 heterocycles. The largest absolute Gasteiger partial charge is 0.496 e. The molecule has 2 aromatic rings. The minimum absolute atomic E-state index is 0.393. The number of rotatable bonds is 3. The summed E-state index contributed by atoms with van der Waals surface area (Å²) in [6.45, 7) is 1.55. The molecule has 0 aliphatic carbocycles. The van der Waals surface area contributed by atoms with Gasteiger partial charge in [-0.15, -0.1) is 0 Å². The van der Waals surface area contributed by atoms with Gasteiger partial charge >= 0.3 is 10.9 Å². The number of hydrogen-bond donors (Lipinski definition) is 1. The second-order valence-electron chi connectivity index (χ2n) is 3.55. The van der Waals surface area contributed by atoms with Crippen molar-refractivity contribution >= 4 is 27.6 Å². The topological polar surface area (TPSA) is 76.7 Å². The third-order valence-electron chi connectivity index (χ3n) is 2.52. The molecule has 2 rings (SSSR count). The summed E-state index contributed by atoms with van der Waals surface area (Å²) in [6.07, 6.45) is 0. The van der Waals surface area contributed by atoms with Gasteiger partial charge in [0.25, 0.3) is 0 Å². The fourth-order valence-corrected chi connectivity index (χ4v) is 2.24. The van der Waals surface area contributed by atoms with E-state index in [-0.39, 0.29) is 0 Å². The van der Waals surface area contributed by atoms with Crippen LogP contribution in [0.25, 0.3) is 10.3 Å². The van der Waals surface area contributed by atoms with Gasteiger partial charge in [0.1, 0.15) is 11.3 Å². The summed E-state index contributed by atoms with van der Waals surface area (Å²) in [4.78, 5) is 21.6. The van der Waals surface area contributed by atoms with Crippen molar-refractivity contribution in [2.75, 3.05) is 7.11 Å². The average molecular weight is 254 g/mol. The minimum Gasteiger partial charge on any atom is -0.496 e. The van der Waals surface area contributed by atoms with E-state index in [9.17, 15) is 9.59 Å². The third kappa shape index (κ3) is 2.03. The van der Waals surface area contributed by atoms with Gasteiger partial charge in [-0.05, 0) is 13.0 Å². The number of carboxylic acids is 1. The van der Waals surface area contributed by atoms with Crippen LogP contribution in [0.3, 0.4) is 0 Å². The van der Waals surface area contributed by atoms with Gasteiger partial charge in [0.2, 0.25) is 0 Å². The Bertz CT molecular complexity index is 624. The Hall–Kier alpha value is -1.82. The van der Waals surface area contributed by atoms with Crippen LogP contribution in [0.4, 0.5) is 0 Å². The molecule has 0 radical (unpaired) electrons. The second-order valence-corrected chi connectivity index (χ2v) is 4.53. The Kier molecular flexibility index (Phi) is 2.89. The molecule has 1 N–H and O–H groups in total. The van der Waals surface area contributed by atoms with Gasteiger partial charge in [-0.2, -0.15) is 0 Å². The lowest BCUT2D eigenvalue weighted by molar-refractivity contribution is -0.138. The molecule has 0 bridgehead atoms. The van der Waals surface area contributed by atoms with Crippen LogP contribution >= 0.6 is 11.3 Å². The number of aliphatic carboxylic acids is 1. The van der Waals surface area contributed by atoms with Crippen molar-refractivity contribution in [3.63, 3.8) is 0 Å². The lowest BCUT2D eigenvalue weighted by Gasteiger charge is -2.11. The van der Waals surface area contributed by atoms with Gasteiger partial charge in [-0.1, -0.05) is 11.3 Å². The summed E-state index contributed by atoms with van der Waals surface area (Å²) in [6, 6.07) is 3.17. The van der Waals surface area contributed by atoms with Crippen molar-refractivity contribution in [1.82, 2.24) is 0 Å². The molecule has 0 fully saturated rings. The lowest BCUT2D eigenvalue weighted by Crippen LogP contribution is -2.08. The number of carbonyl (C=O) groups is 1. The predicted molar refractivity (Wildman–Crippen MR) is 63.0 cm³/mol. The van der Waals surface area contributed by atoms with Crippen molar-refractivity contribution < 1.29 is 19.1 Å². The van der Waals surface area contributed by atoms with Crippen LogP contribution in [0.1, 0.15) is 18.4 Å². The van der Waals surface area contributed by atoms with E-state index < -0.39 is 16.8 Å². The van der Waals surface area contributed by atoms with Crippen LogP contribution in [0.2, 0.25) is 0 Å². The fraction of sp³-hybridized carbons (Fsp3) is 0.273. The van der Waals surface area contributed by atoms with Crippen LogP contribution in [0, 0.1) is 0 Å². The van der Waals surface area contributed by atoms with Crippen LogP contribution in [-0.4, -0.2) is 18.2 Å². The Morgan fingerprint density at radius 1 is 1.53 bits per heavy atom. The first-order valence-corrected chi connectivity index (χ1v) is 5.69. The molecule has 1 aromatic heterocycles. The van der Waals surface area contributed by atoms with Crippen LogP contribution < -0.4 is 9.68 Å². The van der Waals surface area contributed by atoms with Crippen LogP contribution in [0.15, 0.2) is 21.3 Å². The van der Waals surface area contributed by atoms with Crippen molar-refractivity contribution in [2.24, 2.45) is 0 Å². The normalized spacial score (nSPS) is 12.6. The predicted octanol–water partition coefficient (Wildman–Crippen LogP) is 2.05. The quantitative estimate of drug-likeness (QED) is 0.907. The van der Waals surface area contributed by atoms with E-state index in [1.807, 2.05) is 0 Å². The number of methoxy groups -OCH3 is 1. The molecule has 0 saturated heterocycles. The summed E-state index contributed by atoms with van der Waals surface area (Å²) in [5.41, 5.74) is 0.887. The van der Waals surface area contributed by atoms with Gasteiger partial charge in [-0.25, -0.2) is 4.79 Å². The van der Waals surface area contributed by atoms with E-state index in [2.05, 4.69) is 0 Å². The lowest BCUT2D eigenvalue weighted by atomic mass is 10.0. The monoisotopic (exact) mass is 254 g/mol. The Balaban J connectivity index is 2.67. The Morgan fingerprint density at radius 3 is 2.82 bits per heavy atom. The second kappa shape index (κ2) is 4.21. The zero-order valence-corrected chi connectivity index (χ0v) is 10.0. The van der Waals surface area contributed by atoms with Gasteiger partial charge < -0.3 is 14.3 Å².